The van der Waals surface area contributed by atoms with E-state index in [4.69, 9.17) is 4.74 Å². The highest BCUT2D eigenvalue weighted by Gasteiger charge is 2.26. The zero-order valence-electron chi connectivity index (χ0n) is 16.8. The maximum atomic E-state index is 12.9. The maximum absolute atomic E-state index is 12.9. The number of amides is 2. The van der Waals surface area contributed by atoms with E-state index in [-0.39, 0.29) is 18.4 Å². The van der Waals surface area contributed by atoms with Gasteiger partial charge in [-0.25, -0.2) is 0 Å². The Kier molecular flexibility index (Phi) is 8.05. The molecule has 2 aromatic carbocycles. The average molecular weight is 447 g/mol. The number of hydrogen-bond donors (Lipinski definition) is 1. The second kappa shape index (κ2) is 10.3. The summed E-state index contributed by atoms with van der Waals surface area (Å²) in [5, 5.41) is 2.78. The molecule has 0 aliphatic carbocycles. The Labute approximate surface area is 175 Å². The summed E-state index contributed by atoms with van der Waals surface area (Å²) in [6, 6.07) is 12.8. The van der Waals surface area contributed by atoms with Crippen molar-refractivity contribution in [2.24, 2.45) is 0 Å². The summed E-state index contributed by atoms with van der Waals surface area (Å²) in [6.45, 7) is 8.33. The van der Waals surface area contributed by atoms with E-state index in [1.54, 1.807) is 11.8 Å². The van der Waals surface area contributed by atoms with Crippen LogP contribution in [-0.4, -0.2) is 35.9 Å². The second-order valence-corrected chi connectivity index (χ2v) is 7.67. The van der Waals surface area contributed by atoms with Crippen molar-refractivity contribution in [2.45, 2.75) is 40.3 Å². The Hall–Kier alpha value is -2.34. The quantitative estimate of drug-likeness (QED) is 0.666. The molecule has 1 N–H and O–H groups in total. The van der Waals surface area contributed by atoms with Crippen LogP contribution in [0.5, 0.6) is 5.75 Å². The molecule has 0 saturated carbocycles. The van der Waals surface area contributed by atoms with Crippen LogP contribution in [-0.2, 0) is 16.1 Å². The van der Waals surface area contributed by atoms with Crippen molar-refractivity contribution >= 4 is 27.7 Å². The van der Waals surface area contributed by atoms with Crippen LogP contribution in [0.4, 0.5) is 0 Å². The van der Waals surface area contributed by atoms with Gasteiger partial charge >= 0.3 is 0 Å². The zero-order valence-corrected chi connectivity index (χ0v) is 18.4. The fraction of sp³-hybridized carbons (Fsp3) is 0.364. The first-order valence-electron chi connectivity index (χ1n) is 9.33. The van der Waals surface area contributed by atoms with Crippen molar-refractivity contribution in [1.82, 2.24) is 10.2 Å². The van der Waals surface area contributed by atoms with Crippen molar-refractivity contribution in [1.29, 1.82) is 0 Å². The van der Waals surface area contributed by atoms with Gasteiger partial charge in [0.2, 0.25) is 5.91 Å². The van der Waals surface area contributed by atoms with E-state index in [0.29, 0.717) is 18.8 Å². The van der Waals surface area contributed by atoms with E-state index < -0.39 is 6.04 Å². The minimum Gasteiger partial charge on any atom is -0.484 e. The smallest absolute Gasteiger partial charge is 0.261 e. The number of aryl methyl sites for hydroxylation is 2. The molecule has 0 saturated heterocycles. The van der Waals surface area contributed by atoms with Gasteiger partial charge in [-0.1, -0.05) is 34.1 Å². The van der Waals surface area contributed by atoms with Gasteiger partial charge in [-0.3, -0.25) is 9.59 Å². The standard InChI is InChI=1S/C22H27BrN2O3/c1-5-24-22(27)17(4)25(13-18-7-6-8-19(23)12-18)21(26)14-28-20-10-9-15(2)16(3)11-20/h6-12,17H,5,13-14H2,1-4H3,(H,24,27). The lowest BCUT2D eigenvalue weighted by Gasteiger charge is -2.28. The summed E-state index contributed by atoms with van der Waals surface area (Å²) in [6.07, 6.45) is 0. The van der Waals surface area contributed by atoms with Crippen LogP contribution in [0.2, 0.25) is 0 Å². The van der Waals surface area contributed by atoms with Crippen LogP contribution < -0.4 is 10.1 Å². The molecule has 150 valence electrons. The van der Waals surface area contributed by atoms with Crippen LogP contribution in [0.3, 0.4) is 0 Å². The minimum absolute atomic E-state index is 0.125. The molecule has 2 rings (SSSR count). The number of carbonyl (C=O) groups is 2. The highest BCUT2D eigenvalue weighted by Crippen LogP contribution is 2.18. The van der Waals surface area contributed by atoms with Gasteiger partial charge in [0.25, 0.3) is 5.91 Å². The highest BCUT2D eigenvalue weighted by atomic mass is 79.9. The minimum atomic E-state index is -0.602. The predicted molar refractivity (Wildman–Crippen MR) is 114 cm³/mol. The maximum Gasteiger partial charge on any atom is 0.261 e. The Morgan fingerprint density at radius 2 is 1.89 bits per heavy atom. The number of hydrogen-bond acceptors (Lipinski definition) is 3. The van der Waals surface area contributed by atoms with Gasteiger partial charge in [0.05, 0.1) is 0 Å². The van der Waals surface area contributed by atoms with Gasteiger partial charge in [0.1, 0.15) is 11.8 Å². The zero-order chi connectivity index (χ0) is 20.7. The van der Waals surface area contributed by atoms with Gasteiger partial charge in [-0.05, 0) is 68.7 Å². The third-order valence-electron chi connectivity index (χ3n) is 4.60. The molecule has 2 aromatic rings. The number of nitrogens with one attached hydrogen (secondary N) is 1. The SMILES string of the molecule is CCNC(=O)C(C)N(Cc1cccc(Br)c1)C(=O)COc1ccc(C)c(C)c1. The topological polar surface area (TPSA) is 58.6 Å². The summed E-state index contributed by atoms with van der Waals surface area (Å²) < 4.78 is 6.63. The van der Waals surface area contributed by atoms with E-state index in [0.717, 1.165) is 15.6 Å². The van der Waals surface area contributed by atoms with Crippen LogP contribution in [0.15, 0.2) is 46.9 Å². The summed E-state index contributed by atoms with van der Waals surface area (Å²) in [5.41, 5.74) is 3.21. The number of carbonyl (C=O) groups excluding carboxylic acids is 2. The first-order chi connectivity index (χ1) is 13.3. The van der Waals surface area contributed by atoms with E-state index in [1.165, 1.54) is 5.56 Å². The Balaban J connectivity index is 2.15. The third-order valence-corrected chi connectivity index (χ3v) is 5.09. The van der Waals surface area contributed by atoms with Gasteiger partial charge in [0.15, 0.2) is 6.61 Å². The molecule has 0 bridgehead atoms. The van der Waals surface area contributed by atoms with Crippen molar-refractivity contribution in [3.05, 3.63) is 63.6 Å². The normalized spacial score (nSPS) is 11.6. The summed E-state index contributed by atoms with van der Waals surface area (Å²) in [5.74, 6) is 0.221. The van der Waals surface area contributed by atoms with E-state index in [2.05, 4.69) is 21.2 Å². The van der Waals surface area contributed by atoms with E-state index in [9.17, 15) is 9.59 Å². The van der Waals surface area contributed by atoms with Crippen LogP contribution in [0.1, 0.15) is 30.5 Å². The summed E-state index contributed by atoms with van der Waals surface area (Å²) in [7, 11) is 0. The second-order valence-electron chi connectivity index (χ2n) is 6.76. The van der Waals surface area contributed by atoms with Crippen LogP contribution >= 0.6 is 15.9 Å². The fourth-order valence-electron chi connectivity index (χ4n) is 2.77. The molecule has 0 heterocycles. The van der Waals surface area contributed by atoms with E-state index in [1.807, 2.05) is 63.2 Å². The Morgan fingerprint density at radius 1 is 1.14 bits per heavy atom. The predicted octanol–water partition coefficient (Wildman–Crippen LogP) is 4.00. The van der Waals surface area contributed by atoms with Gasteiger partial charge in [-0.15, -0.1) is 0 Å². The molecule has 1 atom stereocenters. The first kappa shape index (κ1) is 22.0. The molecular weight excluding hydrogens is 420 g/mol. The largest absolute Gasteiger partial charge is 0.484 e. The number of likely N-dealkylation sites (N-methyl/N-ethyl adjacent to an activating group) is 1. The molecular formula is C22H27BrN2O3. The number of ether oxygens (including phenoxy) is 1. The van der Waals surface area contributed by atoms with E-state index >= 15 is 0 Å². The molecule has 1 unspecified atom stereocenters. The molecule has 2 amide bonds. The van der Waals surface area contributed by atoms with Crippen molar-refractivity contribution < 1.29 is 14.3 Å². The summed E-state index contributed by atoms with van der Waals surface area (Å²) in [4.78, 5) is 26.8. The monoisotopic (exact) mass is 446 g/mol. The highest BCUT2D eigenvalue weighted by molar-refractivity contribution is 9.10. The lowest BCUT2D eigenvalue weighted by molar-refractivity contribution is -0.142. The number of halogens is 1. The van der Waals surface area contributed by atoms with Gasteiger partial charge < -0.3 is 15.0 Å². The molecule has 0 spiro atoms. The van der Waals surface area contributed by atoms with Crippen molar-refractivity contribution in [3.8, 4) is 5.75 Å². The number of rotatable bonds is 8. The average Bonchev–Trinajstić information content (AvgIpc) is 2.66. The Bertz CT molecular complexity index is 838. The molecule has 0 aromatic heterocycles. The van der Waals surface area contributed by atoms with Gasteiger partial charge in [-0.2, -0.15) is 0 Å². The lowest BCUT2D eigenvalue weighted by Crippen LogP contribution is -2.49. The molecule has 6 heteroatoms. The Morgan fingerprint density at radius 3 is 2.54 bits per heavy atom. The third kappa shape index (κ3) is 6.09. The van der Waals surface area contributed by atoms with Gasteiger partial charge in [0, 0.05) is 17.6 Å². The molecule has 0 radical (unpaired) electrons. The van der Waals surface area contributed by atoms with Crippen molar-refractivity contribution in [3.63, 3.8) is 0 Å². The molecule has 0 fully saturated rings. The molecule has 0 aliphatic rings. The lowest BCUT2D eigenvalue weighted by atomic mass is 10.1. The fourth-order valence-corrected chi connectivity index (χ4v) is 3.21. The van der Waals surface area contributed by atoms with Crippen LogP contribution in [0, 0.1) is 13.8 Å². The first-order valence-corrected chi connectivity index (χ1v) is 10.1. The van der Waals surface area contributed by atoms with Crippen LogP contribution in [0.25, 0.3) is 0 Å². The molecule has 5 nitrogen and oxygen atoms in total. The molecule has 28 heavy (non-hydrogen) atoms. The summed E-state index contributed by atoms with van der Waals surface area (Å²) >= 11 is 3.45. The number of nitrogens with zero attached hydrogens (tertiary/aromatic N) is 1. The molecule has 0 aliphatic heterocycles. The number of benzene rings is 2. The van der Waals surface area contributed by atoms with Crippen molar-refractivity contribution in [2.75, 3.05) is 13.2 Å².